The minimum atomic E-state index is -0.469. The van der Waals surface area contributed by atoms with Crippen molar-refractivity contribution in [3.63, 3.8) is 0 Å². The molecule has 5 N–H and O–H groups in total. The predicted molar refractivity (Wildman–Crippen MR) is 119 cm³/mol. The molecule has 0 radical (unpaired) electrons. The molecule has 0 saturated carbocycles. The minimum absolute atomic E-state index is 0.0611. The lowest BCUT2D eigenvalue weighted by Gasteiger charge is -2.24. The Bertz CT molecular complexity index is 1080. The van der Waals surface area contributed by atoms with E-state index in [-0.39, 0.29) is 24.5 Å². The summed E-state index contributed by atoms with van der Waals surface area (Å²) in [4.78, 5) is 30.8. The molecule has 3 aromatic rings. The van der Waals surface area contributed by atoms with Gasteiger partial charge in [0, 0.05) is 12.6 Å². The van der Waals surface area contributed by atoms with Gasteiger partial charge in [0.25, 0.3) is 0 Å². The summed E-state index contributed by atoms with van der Waals surface area (Å²) in [5.74, 6) is 0.220. The molecule has 3 unspecified atom stereocenters. The highest BCUT2D eigenvalue weighted by molar-refractivity contribution is 5.81. The lowest BCUT2D eigenvalue weighted by atomic mass is 10.1. The number of para-hydroxylation sites is 2. The third-order valence-electron chi connectivity index (χ3n) is 5.97. The Morgan fingerprint density at radius 3 is 2.58 bits per heavy atom. The molecule has 162 valence electrons. The van der Waals surface area contributed by atoms with Crippen LogP contribution in [0.5, 0.6) is 0 Å². The van der Waals surface area contributed by atoms with E-state index in [0.29, 0.717) is 19.5 Å². The molecule has 0 aliphatic carbocycles. The molecule has 4 rings (SSSR count). The highest BCUT2D eigenvalue weighted by Gasteiger charge is 2.37. The van der Waals surface area contributed by atoms with Crippen molar-refractivity contribution in [1.29, 1.82) is 0 Å². The molecule has 2 amide bonds. The highest BCUT2D eigenvalue weighted by atomic mass is 16.2. The van der Waals surface area contributed by atoms with Crippen LogP contribution >= 0.6 is 0 Å². The number of hydrogen-bond donors (Lipinski definition) is 3. The first-order valence-electron chi connectivity index (χ1n) is 10.5. The number of nitrogens with zero attached hydrogens (tertiary/aromatic N) is 3. The van der Waals surface area contributed by atoms with E-state index in [1.165, 1.54) is 5.56 Å². The lowest BCUT2D eigenvalue weighted by molar-refractivity contribution is -0.123. The van der Waals surface area contributed by atoms with Crippen LogP contribution < -0.4 is 16.8 Å². The first-order chi connectivity index (χ1) is 15.0. The van der Waals surface area contributed by atoms with Crippen LogP contribution in [0, 0.1) is 0 Å². The summed E-state index contributed by atoms with van der Waals surface area (Å²) in [7, 11) is 0. The summed E-state index contributed by atoms with van der Waals surface area (Å²) in [6.45, 7) is 3.03. The zero-order chi connectivity index (χ0) is 22.0. The number of carbonyl (C=O) groups excluding carboxylic acids is 2. The summed E-state index contributed by atoms with van der Waals surface area (Å²) in [6.07, 6.45) is 0.468. The summed E-state index contributed by atoms with van der Waals surface area (Å²) in [5, 5.41) is 2.88. The predicted octanol–water partition coefficient (Wildman–Crippen LogP) is 1.15. The SMILES string of the molecule is CC(c1ccccc1)n1c(CN2CC(NC(=O)CN)CC2C(N)=O)nc2ccccc21. The van der Waals surface area contributed by atoms with Crippen LogP contribution in [0.4, 0.5) is 0 Å². The Labute approximate surface area is 181 Å². The van der Waals surface area contributed by atoms with Crippen molar-refractivity contribution in [1.82, 2.24) is 19.8 Å². The van der Waals surface area contributed by atoms with Crippen molar-refractivity contribution in [2.24, 2.45) is 11.5 Å². The fourth-order valence-electron chi connectivity index (χ4n) is 4.47. The van der Waals surface area contributed by atoms with E-state index < -0.39 is 11.9 Å². The normalized spacial score (nSPS) is 20.1. The Morgan fingerprint density at radius 2 is 1.87 bits per heavy atom. The van der Waals surface area contributed by atoms with Crippen LogP contribution in [0.1, 0.15) is 30.8 Å². The van der Waals surface area contributed by atoms with Gasteiger partial charge in [-0.15, -0.1) is 0 Å². The van der Waals surface area contributed by atoms with E-state index in [0.717, 1.165) is 16.9 Å². The largest absolute Gasteiger partial charge is 0.368 e. The van der Waals surface area contributed by atoms with Gasteiger partial charge in [-0.3, -0.25) is 14.5 Å². The molecule has 0 bridgehead atoms. The van der Waals surface area contributed by atoms with Crippen molar-refractivity contribution < 1.29 is 9.59 Å². The van der Waals surface area contributed by atoms with Crippen molar-refractivity contribution >= 4 is 22.8 Å². The van der Waals surface area contributed by atoms with Crippen LogP contribution in [-0.2, 0) is 16.1 Å². The molecule has 1 aliphatic rings. The molecule has 0 spiro atoms. The van der Waals surface area contributed by atoms with Gasteiger partial charge in [-0.2, -0.15) is 0 Å². The average molecular weight is 421 g/mol. The molecule has 1 aliphatic heterocycles. The number of rotatable bonds is 7. The van der Waals surface area contributed by atoms with Gasteiger partial charge in [-0.25, -0.2) is 4.98 Å². The van der Waals surface area contributed by atoms with E-state index in [9.17, 15) is 9.59 Å². The van der Waals surface area contributed by atoms with Crippen LogP contribution in [-0.4, -0.2) is 51.4 Å². The van der Waals surface area contributed by atoms with E-state index in [2.05, 4.69) is 35.0 Å². The van der Waals surface area contributed by atoms with E-state index in [4.69, 9.17) is 16.5 Å². The molecular weight excluding hydrogens is 392 g/mol. The smallest absolute Gasteiger partial charge is 0.234 e. The maximum Gasteiger partial charge on any atom is 0.234 e. The Kier molecular flexibility index (Phi) is 6.01. The molecule has 8 heteroatoms. The van der Waals surface area contributed by atoms with Crippen molar-refractivity contribution in [3.8, 4) is 0 Å². The number of fused-ring (bicyclic) bond motifs is 1. The number of hydrogen-bond acceptors (Lipinski definition) is 5. The molecule has 3 atom stereocenters. The number of carbonyl (C=O) groups is 2. The number of nitrogens with two attached hydrogens (primary N) is 2. The van der Waals surface area contributed by atoms with E-state index in [1.54, 1.807) is 0 Å². The summed E-state index contributed by atoms with van der Waals surface area (Å²) >= 11 is 0. The maximum absolute atomic E-state index is 12.1. The molecular formula is C23H28N6O2. The second-order valence-corrected chi connectivity index (χ2v) is 8.03. The van der Waals surface area contributed by atoms with Gasteiger partial charge in [0.1, 0.15) is 5.82 Å². The number of imidazole rings is 1. The van der Waals surface area contributed by atoms with Crippen LogP contribution in [0.2, 0.25) is 0 Å². The topological polar surface area (TPSA) is 119 Å². The standard InChI is InChI=1S/C23H28N6O2/c1-15(16-7-3-2-4-8-16)29-19-10-6-5-9-18(19)27-21(29)14-28-13-17(26-22(30)12-24)11-20(28)23(25)31/h2-10,15,17,20H,11-14,24H2,1H3,(H2,25,31)(H,26,30). The highest BCUT2D eigenvalue weighted by Crippen LogP contribution is 2.28. The number of likely N-dealkylation sites (tertiary alicyclic amines) is 1. The summed E-state index contributed by atoms with van der Waals surface area (Å²) < 4.78 is 2.22. The fraction of sp³-hybridized carbons (Fsp3) is 0.348. The van der Waals surface area contributed by atoms with Gasteiger partial charge < -0.3 is 21.4 Å². The third kappa shape index (κ3) is 4.30. The summed E-state index contributed by atoms with van der Waals surface area (Å²) in [5.41, 5.74) is 14.2. The van der Waals surface area contributed by atoms with E-state index in [1.807, 2.05) is 41.3 Å². The maximum atomic E-state index is 12.1. The summed E-state index contributed by atoms with van der Waals surface area (Å²) in [6, 6.07) is 17.7. The van der Waals surface area contributed by atoms with Gasteiger partial charge >= 0.3 is 0 Å². The van der Waals surface area contributed by atoms with Crippen LogP contribution in [0.3, 0.4) is 0 Å². The van der Waals surface area contributed by atoms with Gasteiger partial charge in [-0.1, -0.05) is 42.5 Å². The van der Waals surface area contributed by atoms with Gasteiger partial charge in [-0.05, 0) is 31.0 Å². The first kappa shape index (κ1) is 21.0. The molecule has 1 fully saturated rings. The number of aromatic nitrogens is 2. The first-order valence-corrected chi connectivity index (χ1v) is 10.5. The molecule has 1 saturated heterocycles. The number of benzene rings is 2. The molecule has 31 heavy (non-hydrogen) atoms. The molecule has 8 nitrogen and oxygen atoms in total. The number of nitrogens with one attached hydrogen (secondary N) is 1. The molecule has 1 aromatic heterocycles. The van der Waals surface area contributed by atoms with Gasteiger partial charge in [0.15, 0.2) is 0 Å². The number of primary amides is 1. The second-order valence-electron chi connectivity index (χ2n) is 8.03. The van der Waals surface area contributed by atoms with Crippen molar-refractivity contribution in [3.05, 3.63) is 66.0 Å². The Balaban J connectivity index is 1.67. The molecule has 2 heterocycles. The molecule has 2 aromatic carbocycles. The monoisotopic (exact) mass is 420 g/mol. The van der Waals surface area contributed by atoms with Gasteiger partial charge in [0.05, 0.1) is 36.2 Å². The van der Waals surface area contributed by atoms with Gasteiger partial charge in [0.2, 0.25) is 11.8 Å². The van der Waals surface area contributed by atoms with Crippen LogP contribution in [0.25, 0.3) is 11.0 Å². The zero-order valence-electron chi connectivity index (χ0n) is 17.6. The lowest BCUT2D eigenvalue weighted by Crippen LogP contribution is -2.41. The fourth-order valence-corrected chi connectivity index (χ4v) is 4.47. The second kappa shape index (κ2) is 8.87. The zero-order valence-corrected chi connectivity index (χ0v) is 17.6. The Hall–Kier alpha value is -3.23. The minimum Gasteiger partial charge on any atom is -0.368 e. The van der Waals surface area contributed by atoms with E-state index >= 15 is 0 Å². The third-order valence-corrected chi connectivity index (χ3v) is 5.97. The van der Waals surface area contributed by atoms with Crippen LogP contribution in [0.15, 0.2) is 54.6 Å². The quantitative estimate of drug-likeness (QED) is 0.530. The van der Waals surface area contributed by atoms with Crippen molar-refractivity contribution in [2.75, 3.05) is 13.1 Å². The average Bonchev–Trinajstić information content (AvgIpc) is 3.34. The van der Waals surface area contributed by atoms with Crippen molar-refractivity contribution in [2.45, 2.75) is 38.0 Å². The Morgan fingerprint density at radius 1 is 1.16 bits per heavy atom. The number of amides is 2.